The average Bonchev–Trinajstić information content (AvgIpc) is 2.64. The van der Waals surface area contributed by atoms with E-state index in [1.54, 1.807) is 6.20 Å². The molecule has 0 spiro atoms. The summed E-state index contributed by atoms with van der Waals surface area (Å²) in [5, 5.41) is 9.87. The van der Waals surface area contributed by atoms with Gasteiger partial charge in [-0.15, -0.1) is 0 Å². The molecule has 0 fully saturated rings. The number of hydrogen-bond acceptors (Lipinski definition) is 4. The van der Waals surface area contributed by atoms with E-state index in [0.29, 0.717) is 12.3 Å². The Kier molecular flexibility index (Phi) is 2.88. The van der Waals surface area contributed by atoms with Crippen LogP contribution in [0.25, 0.3) is 0 Å². The van der Waals surface area contributed by atoms with E-state index in [-0.39, 0.29) is 18.4 Å². The number of nitrogens with zero attached hydrogens (tertiary/aromatic N) is 1. The molecule has 1 aromatic heterocycles. The van der Waals surface area contributed by atoms with E-state index in [9.17, 15) is 5.11 Å². The highest BCUT2D eigenvalue weighted by Crippen LogP contribution is 2.38. The molecule has 1 unspecified atom stereocenters. The molecule has 1 atom stereocenters. The second-order valence-corrected chi connectivity index (χ2v) is 3.78. The highest BCUT2D eigenvalue weighted by atomic mass is 16.5. The van der Waals surface area contributed by atoms with E-state index < -0.39 is 0 Å². The van der Waals surface area contributed by atoms with Gasteiger partial charge in [-0.25, -0.2) is 0 Å². The van der Waals surface area contributed by atoms with E-state index >= 15 is 0 Å². The van der Waals surface area contributed by atoms with E-state index in [4.69, 9.17) is 10.5 Å². The summed E-state index contributed by atoms with van der Waals surface area (Å²) in [7, 11) is 0. The third kappa shape index (κ3) is 1.70. The monoisotopic (exact) mass is 208 g/mol. The van der Waals surface area contributed by atoms with Crippen molar-refractivity contribution in [3.05, 3.63) is 23.0 Å². The summed E-state index contributed by atoms with van der Waals surface area (Å²) >= 11 is 0. The Hall–Kier alpha value is -1.13. The molecule has 1 aromatic rings. The highest BCUT2D eigenvalue weighted by molar-refractivity contribution is 5.43. The van der Waals surface area contributed by atoms with Crippen molar-refractivity contribution in [2.75, 3.05) is 0 Å². The van der Waals surface area contributed by atoms with Crippen LogP contribution in [0, 0.1) is 0 Å². The van der Waals surface area contributed by atoms with Gasteiger partial charge in [0.2, 0.25) is 0 Å². The first kappa shape index (κ1) is 10.4. The van der Waals surface area contributed by atoms with Crippen LogP contribution in [-0.4, -0.2) is 10.1 Å². The van der Waals surface area contributed by atoms with Gasteiger partial charge in [-0.2, -0.15) is 0 Å². The van der Waals surface area contributed by atoms with Gasteiger partial charge in [0.25, 0.3) is 0 Å². The molecule has 3 N–H and O–H groups in total. The van der Waals surface area contributed by atoms with Crippen molar-refractivity contribution in [3.8, 4) is 5.75 Å². The minimum Gasteiger partial charge on any atom is -0.506 e. The van der Waals surface area contributed by atoms with Crippen LogP contribution in [0.5, 0.6) is 5.75 Å². The van der Waals surface area contributed by atoms with E-state index in [2.05, 4.69) is 11.9 Å². The van der Waals surface area contributed by atoms with Crippen LogP contribution in [0.1, 0.15) is 42.7 Å². The van der Waals surface area contributed by atoms with Gasteiger partial charge in [-0.1, -0.05) is 13.3 Å². The maximum Gasteiger partial charge on any atom is 0.144 e. The molecule has 1 aliphatic heterocycles. The van der Waals surface area contributed by atoms with Crippen LogP contribution in [0.4, 0.5) is 0 Å². The topological polar surface area (TPSA) is 68.4 Å². The third-order valence-electron chi connectivity index (χ3n) is 2.79. The van der Waals surface area contributed by atoms with Gasteiger partial charge in [-0.3, -0.25) is 4.98 Å². The number of hydrogen-bond donors (Lipinski definition) is 2. The van der Waals surface area contributed by atoms with E-state index in [0.717, 1.165) is 24.0 Å². The number of fused-ring (bicyclic) bond motifs is 1. The van der Waals surface area contributed by atoms with Gasteiger partial charge >= 0.3 is 0 Å². The fourth-order valence-electron chi connectivity index (χ4n) is 1.95. The van der Waals surface area contributed by atoms with Crippen molar-refractivity contribution >= 4 is 0 Å². The summed E-state index contributed by atoms with van der Waals surface area (Å²) in [6.07, 6.45) is 3.90. The van der Waals surface area contributed by atoms with Gasteiger partial charge in [-0.05, 0) is 6.42 Å². The fraction of sp³-hybridized carbons (Fsp3) is 0.545. The van der Waals surface area contributed by atoms with Crippen molar-refractivity contribution in [2.24, 2.45) is 5.73 Å². The zero-order valence-electron chi connectivity index (χ0n) is 8.86. The Balaban J connectivity index is 2.36. The molecule has 2 heterocycles. The zero-order chi connectivity index (χ0) is 10.8. The molecule has 0 radical (unpaired) electrons. The molecule has 0 aromatic carbocycles. The Morgan fingerprint density at radius 1 is 1.67 bits per heavy atom. The molecule has 0 saturated heterocycles. The van der Waals surface area contributed by atoms with Crippen LogP contribution in [0.15, 0.2) is 6.20 Å². The summed E-state index contributed by atoms with van der Waals surface area (Å²) in [6, 6.07) is 0. The highest BCUT2D eigenvalue weighted by Gasteiger charge is 2.26. The Morgan fingerprint density at radius 3 is 3.13 bits per heavy atom. The largest absolute Gasteiger partial charge is 0.506 e. The molecular weight excluding hydrogens is 192 g/mol. The van der Waals surface area contributed by atoms with Crippen LogP contribution in [0.3, 0.4) is 0 Å². The zero-order valence-corrected chi connectivity index (χ0v) is 8.86. The van der Waals surface area contributed by atoms with Gasteiger partial charge in [0.1, 0.15) is 5.75 Å². The minimum absolute atomic E-state index is 0.0928. The molecule has 0 bridgehead atoms. The number of aromatic hydroxyl groups is 1. The molecule has 1 aliphatic rings. The van der Waals surface area contributed by atoms with E-state index in [1.807, 2.05) is 0 Å². The first-order chi connectivity index (χ1) is 7.27. The number of nitrogens with two attached hydrogens (primary N) is 1. The number of rotatable bonds is 3. The maximum absolute atomic E-state index is 9.87. The molecule has 0 aliphatic carbocycles. The summed E-state index contributed by atoms with van der Waals surface area (Å²) in [5.41, 5.74) is 7.91. The van der Waals surface area contributed by atoms with Crippen molar-refractivity contribution in [2.45, 2.75) is 39.0 Å². The van der Waals surface area contributed by atoms with Gasteiger partial charge < -0.3 is 15.6 Å². The summed E-state index contributed by atoms with van der Waals surface area (Å²) in [6.45, 7) is 2.85. The smallest absolute Gasteiger partial charge is 0.144 e. The SMILES string of the molecule is CCCC1OCc2c1cnc(CN)c2O. The second kappa shape index (κ2) is 4.16. The Morgan fingerprint density at radius 2 is 2.47 bits per heavy atom. The number of ether oxygens (including phenoxy) is 1. The summed E-state index contributed by atoms with van der Waals surface area (Å²) in [5.74, 6) is 0.216. The van der Waals surface area contributed by atoms with Gasteiger partial charge in [0, 0.05) is 23.9 Å². The average molecular weight is 208 g/mol. The van der Waals surface area contributed by atoms with Crippen LogP contribution >= 0.6 is 0 Å². The van der Waals surface area contributed by atoms with Gasteiger partial charge in [0.05, 0.1) is 18.4 Å². The number of aromatic nitrogens is 1. The lowest BCUT2D eigenvalue weighted by atomic mass is 10.0. The van der Waals surface area contributed by atoms with Crippen molar-refractivity contribution in [1.29, 1.82) is 0 Å². The summed E-state index contributed by atoms with van der Waals surface area (Å²) < 4.78 is 5.60. The van der Waals surface area contributed by atoms with Crippen LogP contribution in [0.2, 0.25) is 0 Å². The quantitative estimate of drug-likeness (QED) is 0.792. The minimum atomic E-state index is 0.0928. The van der Waals surface area contributed by atoms with Crippen molar-refractivity contribution in [3.63, 3.8) is 0 Å². The molecule has 4 heteroatoms. The molecule has 4 nitrogen and oxygen atoms in total. The Bertz CT molecular complexity index is 366. The van der Waals surface area contributed by atoms with Crippen LogP contribution in [-0.2, 0) is 17.9 Å². The standard InChI is InChI=1S/C11H16N2O2/c1-2-3-10-7-5-13-9(4-12)11(14)8(7)6-15-10/h5,10,14H,2-4,6,12H2,1H3. The fourth-order valence-corrected chi connectivity index (χ4v) is 1.95. The lowest BCUT2D eigenvalue weighted by Crippen LogP contribution is -2.03. The number of pyridine rings is 1. The first-order valence-electron chi connectivity index (χ1n) is 5.29. The molecular formula is C11H16N2O2. The van der Waals surface area contributed by atoms with Gasteiger partial charge in [0.15, 0.2) is 0 Å². The summed E-state index contributed by atoms with van der Waals surface area (Å²) in [4.78, 5) is 4.15. The van der Waals surface area contributed by atoms with Crippen molar-refractivity contribution in [1.82, 2.24) is 4.98 Å². The van der Waals surface area contributed by atoms with E-state index in [1.165, 1.54) is 0 Å². The lowest BCUT2D eigenvalue weighted by molar-refractivity contribution is 0.0591. The van der Waals surface area contributed by atoms with Crippen molar-refractivity contribution < 1.29 is 9.84 Å². The second-order valence-electron chi connectivity index (χ2n) is 3.78. The molecule has 0 amide bonds. The molecule has 0 saturated carbocycles. The maximum atomic E-state index is 9.87. The first-order valence-corrected chi connectivity index (χ1v) is 5.29. The lowest BCUT2D eigenvalue weighted by Gasteiger charge is -2.09. The van der Waals surface area contributed by atoms with Crippen LogP contribution < -0.4 is 5.73 Å². The molecule has 15 heavy (non-hydrogen) atoms. The normalized spacial score (nSPS) is 19.2. The predicted octanol–water partition coefficient (Wildman–Crippen LogP) is 1.62. The Labute approximate surface area is 89.1 Å². The molecule has 82 valence electrons. The molecule has 2 rings (SSSR count). The third-order valence-corrected chi connectivity index (χ3v) is 2.79. The predicted molar refractivity (Wildman–Crippen MR) is 56.2 cm³/mol.